The Kier molecular flexibility index (Phi) is 7.89. The van der Waals surface area contributed by atoms with Crippen LogP contribution in [0.2, 0.25) is 0 Å². The van der Waals surface area contributed by atoms with Gasteiger partial charge in [-0.25, -0.2) is 0 Å². The second kappa shape index (κ2) is 9.91. The lowest BCUT2D eigenvalue weighted by atomic mass is 9.94. The summed E-state index contributed by atoms with van der Waals surface area (Å²) >= 11 is 6.42. The summed E-state index contributed by atoms with van der Waals surface area (Å²) in [6.07, 6.45) is 10.5. The van der Waals surface area contributed by atoms with Gasteiger partial charge in [0.1, 0.15) is 0 Å². The van der Waals surface area contributed by atoms with Crippen LogP contribution in [-0.4, -0.2) is 30.2 Å². The lowest BCUT2D eigenvalue weighted by Crippen LogP contribution is -2.34. The van der Waals surface area contributed by atoms with E-state index in [-0.39, 0.29) is 0 Å². The maximum atomic E-state index is 6.42. The molecule has 1 heterocycles. The second-order valence-electron chi connectivity index (χ2n) is 7.15. The van der Waals surface area contributed by atoms with Gasteiger partial charge in [0.25, 0.3) is 0 Å². The van der Waals surface area contributed by atoms with Crippen LogP contribution in [0, 0.1) is 5.92 Å². The van der Waals surface area contributed by atoms with E-state index >= 15 is 0 Å². The molecule has 1 atom stereocenters. The summed E-state index contributed by atoms with van der Waals surface area (Å²) in [6, 6.07) is 0.623. The van der Waals surface area contributed by atoms with E-state index in [0.717, 1.165) is 31.6 Å². The average Bonchev–Trinajstić information content (AvgIpc) is 2.62. The summed E-state index contributed by atoms with van der Waals surface area (Å²) in [4.78, 5) is 2.29. The summed E-state index contributed by atoms with van der Waals surface area (Å²) in [5.74, 6) is 0.539. The molecule has 0 aromatic carbocycles. The van der Waals surface area contributed by atoms with Gasteiger partial charge >= 0.3 is 0 Å². The van der Waals surface area contributed by atoms with Crippen LogP contribution in [0.15, 0.2) is 40.4 Å². The minimum absolute atomic E-state index is 0.539. The van der Waals surface area contributed by atoms with Gasteiger partial charge in [0.15, 0.2) is 0 Å². The first-order valence-corrected chi connectivity index (χ1v) is 10.00. The number of halogens is 1. The minimum atomic E-state index is 0.539. The van der Waals surface area contributed by atoms with Crippen LogP contribution in [0.4, 0.5) is 0 Å². The third-order valence-electron chi connectivity index (χ3n) is 5.20. The standard InChI is InChI=1S/C20H33ClN4/c1-5-17(12-15(3)23-18-10-8-7-9-11-18)14-25(6-2)19-13-22-24-16(4)20(19)21/h13,17-18,23-24H,3-12,14H2,1-2H3. The summed E-state index contributed by atoms with van der Waals surface area (Å²) < 4.78 is 0. The van der Waals surface area contributed by atoms with Crippen LogP contribution in [0.3, 0.4) is 0 Å². The van der Waals surface area contributed by atoms with Gasteiger partial charge in [0.2, 0.25) is 0 Å². The summed E-state index contributed by atoms with van der Waals surface area (Å²) in [5.41, 5.74) is 5.62. The molecule has 5 heteroatoms. The van der Waals surface area contributed by atoms with Crippen molar-refractivity contribution >= 4 is 17.8 Å². The lowest BCUT2D eigenvalue weighted by Gasteiger charge is -2.32. The Morgan fingerprint density at radius 2 is 2.12 bits per heavy atom. The zero-order chi connectivity index (χ0) is 18.2. The van der Waals surface area contributed by atoms with Crippen LogP contribution in [0.5, 0.6) is 0 Å². The van der Waals surface area contributed by atoms with Gasteiger partial charge in [0.05, 0.1) is 22.6 Å². The third-order valence-corrected chi connectivity index (χ3v) is 5.62. The van der Waals surface area contributed by atoms with E-state index in [1.54, 1.807) is 6.21 Å². The van der Waals surface area contributed by atoms with Crippen molar-refractivity contribution in [2.45, 2.75) is 64.8 Å². The Labute approximate surface area is 158 Å². The fraction of sp³-hybridized carbons (Fsp3) is 0.650. The Morgan fingerprint density at radius 3 is 2.76 bits per heavy atom. The summed E-state index contributed by atoms with van der Waals surface area (Å²) in [7, 11) is 0. The monoisotopic (exact) mass is 364 g/mol. The SMILES string of the molecule is C=C(CC(CC)CN(CC)C1=C(Cl)C(=C)NN=C1)NC1CCCCC1. The first-order chi connectivity index (χ1) is 12.0. The first kappa shape index (κ1) is 19.9. The summed E-state index contributed by atoms with van der Waals surface area (Å²) in [5, 5.41) is 8.47. The fourth-order valence-corrected chi connectivity index (χ4v) is 3.85. The van der Waals surface area contributed by atoms with Crippen molar-refractivity contribution in [3.63, 3.8) is 0 Å². The molecule has 25 heavy (non-hydrogen) atoms. The molecule has 2 aliphatic rings. The van der Waals surface area contributed by atoms with Crippen LogP contribution in [0.1, 0.15) is 58.8 Å². The highest BCUT2D eigenvalue weighted by atomic mass is 35.5. The van der Waals surface area contributed by atoms with E-state index < -0.39 is 0 Å². The Bertz CT molecular complexity index is 532. The van der Waals surface area contributed by atoms with Crippen molar-refractivity contribution in [1.82, 2.24) is 15.6 Å². The number of hydrogen-bond donors (Lipinski definition) is 2. The topological polar surface area (TPSA) is 39.7 Å². The minimum Gasteiger partial charge on any atom is -0.386 e. The molecule has 1 aliphatic heterocycles. The molecule has 0 radical (unpaired) electrons. The van der Waals surface area contributed by atoms with Crippen LogP contribution < -0.4 is 10.7 Å². The quantitative estimate of drug-likeness (QED) is 0.622. The van der Waals surface area contributed by atoms with Gasteiger partial charge in [-0.15, -0.1) is 0 Å². The smallest absolute Gasteiger partial charge is 0.0900 e. The van der Waals surface area contributed by atoms with Gasteiger partial charge < -0.3 is 10.2 Å². The van der Waals surface area contributed by atoms with Gasteiger partial charge in [0, 0.05) is 24.8 Å². The number of allylic oxidation sites excluding steroid dienone is 3. The van der Waals surface area contributed by atoms with E-state index in [4.69, 9.17) is 11.6 Å². The highest BCUT2D eigenvalue weighted by molar-refractivity contribution is 6.33. The molecule has 1 unspecified atom stereocenters. The highest BCUT2D eigenvalue weighted by Crippen LogP contribution is 2.25. The molecule has 1 fully saturated rings. The molecule has 1 aliphatic carbocycles. The molecule has 0 aromatic rings. The number of hydrazone groups is 1. The third kappa shape index (κ3) is 5.81. The van der Waals surface area contributed by atoms with Gasteiger partial charge in [-0.2, -0.15) is 5.10 Å². The van der Waals surface area contributed by atoms with E-state index in [9.17, 15) is 0 Å². The number of nitrogens with one attached hydrogen (secondary N) is 2. The molecule has 0 bridgehead atoms. The molecule has 0 spiro atoms. The molecule has 2 rings (SSSR count). The van der Waals surface area contributed by atoms with E-state index in [2.05, 4.69) is 47.7 Å². The molecule has 1 saturated carbocycles. The highest BCUT2D eigenvalue weighted by Gasteiger charge is 2.20. The van der Waals surface area contributed by atoms with Gasteiger partial charge in [-0.1, -0.05) is 57.4 Å². The molecular formula is C20H33ClN4. The Morgan fingerprint density at radius 1 is 1.40 bits per heavy atom. The first-order valence-electron chi connectivity index (χ1n) is 9.62. The fourth-order valence-electron chi connectivity index (χ4n) is 3.64. The average molecular weight is 365 g/mol. The van der Waals surface area contributed by atoms with Crippen molar-refractivity contribution in [2.24, 2.45) is 11.0 Å². The number of rotatable bonds is 9. The van der Waals surface area contributed by atoms with Gasteiger partial charge in [-0.05, 0) is 32.1 Å². The van der Waals surface area contributed by atoms with Crippen molar-refractivity contribution in [1.29, 1.82) is 0 Å². The van der Waals surface area contributed by atoms with Crippen LogP contribution in [-0.2, 0) is 0 Å². The zero-order valence-electron chi connectivity index (χ0n) is 15.8. The van der Waals surface area contributed by atoms with Crippen LogP contribution >= 0.6 is 11.6 Å². The predicted octanol–water partition coefficient (Wildman–Crippen LogP) is 4.71. The molecule has 4 nitrogen and oxygen atoms in total. The molecular weight excluding hydrogens is 332 g/mol. The predicted molar refractivity (Wildman–Crippen MR) is 108 cm³/mol. The van der Waals surface area contributed by atoms with Gasteiger partial charge in [-0.3, -0.25) is 5.43 Å². The van der Waals surface area contributed by atoms with Crippen molar-refractivity contribution in [3.8, 4) is 0 Å². The Hall–Kier alpha value is -1.42. The van der Waals surface area contributed by atoms with Crippen molar-refractivity contribution in [3.05, 3.63) is 35.3 Å². The van der Waals surface area contributed by atoms with E-state index in [1.165, 1.54) is 37.8 Å². The van der Waals surface area contributed by atoms with Crippen LogP contribution in [0.25, 0.3) is 0 Å². The Balaban J connectivity index is 1.92. The number of hydrogen-bond acceptors (Lipinski definition) is 4. The molecule has 0 aromatic heterocycles. The molecule has 2 N–H and O–H groups in total. The lowest BCUT2D eigenvalue weighted by molar-refractivity contribution is 0.293. The van der Waals surface area contributed by atoms with E-state index in [0.29, 0.717) is 22.7 Å². The van der Waals surface area contributed by atoms with Crippen molar-refractivity contribution < 1.29 is 0 Å². The zero-order valence-corrected chi connectivity index (χ0v) is 16.5. The molecule has 0 saturated heterocycles. The second-order valence-corrected chi connectivity index (χ2v) is 7.53. The van der Waals surface area contributed by atoms with Crippen molar-refractivity contribution in [2.75, 3.05) is 13.1 Å². The summed E-state index contributed by atoms with van der Waals surface area (Å²) in [6.45, 7) is 14.4. The normalized spacial score (nSPS) is 19.6. The van der Waals surface area contributed by atoms with E-state index in [1.807, 2.05) is 0 Å². The largest absolute Gasteiger partial charge is 0.386 e. The maximum absolute atomic E-state index is 6.42. The number of nitrogens with zero attached hydrogens (tertiary/aromatic N) is 2. The molecule has 0 amide bonds. The molecule has 140 valence electrons. The maximum Gasteiger partial charge on any atom is 0.0900 e.